The lowest BCUT2D eigenvalue weighted by Crippen LogP contribution is -2.55. The average Bonchev–Trinajstić information content (AvgIpc) is 2.83. The first-order valence-corrected chi connectivity index (χ1v) is 11.0. The van der Waals surface area contributed by atoms with Crippen molar-refractivity contribution in [3.05, 3.63) is 65.7 Å². The fourth-order valence-corrected chi connectivity index (χ4v) is 3.77. The molecule has 0 radical (unpaired) electrons. The molecule has 3 amide bonds. The highest BCUT2D eigenvalue weighted by Crippen LogP contribution is 2.26. The van der Waals surface area contributed by atoms with Crippen LogP contribution in [0.5, 0.6) is 5.75 Å². The molecular formula is C25H31N3O4. The van der Waals surface area contributed by atoms with Gasteiger partial charge in [-0.05, 0) is 50.6 Å². The first-order chi connectivity index (χ1) is 15.3. The van der Waals surface area contributed by atoms with Gasteiger partial charge in [0.25, 0.3) is 5.91 Å². The number of hydrogen-bond donors (Lipinski definition) is 1. The van der Waals surface area contributed by atoms with Crippen LogP contribution in [0, 0.1) is 0 Å². The molecule has 0 spiro atoms. The van der Waals surface area contributed by atoms with Crippen molar-refractivity contribution in [1.82, 2.24) is 15.1 Å². The summed E-state index contributed by atoms with van der Waals surface area (Å²) in [6, 6.07) is 16.5. The van der Waals surface area contributed by atoms with Gasteiger partial charge in [0.1, 0.15) is 5.75 Å². The first kappa shape index (κ1) is 23.3. The molecule has 1 heterocycles. The van der Waals surface area contributed by atoms with Crippen LogP contribution in [0.3, 0.4) is 0 Å². The smallest absolute Gasteiger partial charge is 0.251 e. The third-order valence-corrected chi connectivity index (χ3v) is 5.78. The molecule has 170 valence electrons. The summed E-state index contributed by atoms with van der Waals surface area (Å²) in [6.07, 6.45) is 0. The summed E-state index contributed by atoms with van der Waals surface area (Å²) in [7, 11) is 0. The molecule has 0 atom stereocenters. The molecular weight excluding hydrogens is 406 g/mol. The number of nitrogens with zero attached hydrogens (tertiary/aromatic N) is 2. The van der Waals surface area contributed by atoms with E-state index in [9.17, 15) is 14.4 Å². The summed E-state index contributed by atoms with van der Waals surface area (Å²) in [4.78, 5) is 41.5. The van der Waals surface area contributed by atoms with E-state index in [0.29, 0.717) is 44.1 Å². The normalized spacial score (nSPS) is 14.1. The molecule has 0 unspecified atom stereocenters. The second kappa shape index (κ2) is 10.3. The minimum absolute atomic E-state index is 0.0552. The molecule has 3 rings (SSSR count). The van der Waals surface area contributed by atoms with Crippen LogP contribution in [0.4, 0.5) is 0 Å². The Bertz CT molecular complexity index is 933. The van der Waals surface area contributed by atoms with Crippen LogP contribution in [0.1, 0.15) is 36.7 Å². The molecule has 0 aliphatic carbocycles. The van der Waals surface area contributed by atoms with Gasteiger partial charge in [0, 0.05) is 31.7 Å². The SMILES string of the molecule is CCOc1ccc(C(=O)NCC(=O)N2CCN(C(=O)C(C)(C)c3ccccc3)CC2)cc1. The monoisotopic (exact) mass is 437 g/mol. The average molecular weight is 438 g/mol. The summed E-state index contributed by atoms with van der Waals surface area (Å²) in [5.41, 5.74) is 0.819. The lowest BCUT2D eigenvalue weighted by atomic mass is 9.83. The zero-order valence-electron chi connectivity index (χ0n) is 19.0. The Morgan fingerprint density at radius 2 is 1.50 bits per heavy atom. The van der Waals surface area contributed by atoms with Crippen LogP contribution in [0.25, 0.3) is 0 Å². The molecule has 0 saturated carbocycles. The van der Waals surface area contributed by atoms with Crippen molar-refractivity contribution >= 4 is 17.7 Å². The third kappa shape index (κ3) is 5.46. The summed E-state index contributed by atoms with van der Waals surface area (Å²) >= 11 is 0. The molecule has 0 bridgehead atoms. The number of benzene rings is 2. The van der Waals surface area contributed by atoms with Crippen molar-refractivity contribution in [2.24, 2.45) is 0 Å². The van der Waals surface area contributed by atoms with Gasteiger partial charge >= 0.3 is 0 Å². The Hall–Kier alpha value is -3.35. The van der Waals surface area contributed by atoms with Crippen molar-refractivity contribution in [2.75, 3.05) is 39.3 Å². The molecule has 1 N–H and O–H groups in total. The molecule has 7 heteroatoms. The lowest BCUT2D eigenvalue weighted by Gasteiger charge is -2.38. The summed E-state index contributed by atoms with van der Waals surface area (Å²) in [5, 5.41) is 2.68. The van der Waals surface area contributed by atoms with Crippen LogP contribution in [0.2, 0.25) is 0 Å². The predicted molar refractivity (Wildman–Crippen MR) is 123 cm³/mol. The molecule has 2 aromatic rings. The Kier molecular flexibility index (Phi) is 7.51. The van der Waals surface area contributed by atoms with Crippen molar-refractivity contribution in [2.45, 2.75) is 26.2 Å². The van der Waals surface area contributed by atoms with Gasteiger partial charge in [0.05, 0.1) is 18.6 Å². The Balaban J connectivity index is 1.48. The molecule has 2 aromatic carbocycles. The maximum absolute atomic E-state index is 13.1. The fourth-order valence-electron chi connectivity index (χ4n) is 3.77. The molecule has 7 nitrogen and oxygen atoms in total. The number of carbonyl (C=O) groups excluding carboxylic acids is 3. The quantitative estimate of drug-likeness (QED) is 0.722. The van der Waals surface area contributed by atoms with E-state index in [1.807, 2.05) is 56.0 Å². The second-order valence-electron chi connectivity index (χ2n) is 8.30. The van der Waals surface area contributed by atoms with E-state index >= 15 is 0 Å². The summed E-state index contributed by atoms with van der Waals surface area (Å²) in [6.45, 7) is 8.10. The van der Waals surface area contributed by atoms with Crippen LogP contribution in [0.15, 0.2) is 54.6 Å². The Labute approximate surface area is 189 Å². The minimum atomic E-state index is -0.626. The highest BCUT2D eigenvalue weighted by molar-refractivity contribution is 5.96. The molecule has 1 saturated heterocycles. The molecule has 1 fully saturated rings. The third-order valence-electron chi connectivity index (χ3n) is 5.78. The van der Waals surface area contributed by atoms with Crippen molar-refractivity contribution in [1.29, 1.82) is 0 Å². The maximum Gasteiger partial charge on any atom is 0.251 e. The summed E-state index contributed by atoms with van der Waals surface area (Å²) < 4.78 is 5.37. The van der Waals surface area contributed by atoms with E-state index in [1.165, 1.54) is 0 Å². The van der Waals surface area contributed by atoms with E-state index in [1.54, 1.807) is 29.2 Å². The van der Waals surface area contributed by atoms with Gasteiger partial charge in [-0.25, -0.2) is 0 Å². The Morgan fingerprint density at radius 3 is 2.09 bits per heavy atom. The van der Waals surface area contributed by atoms with Crippen LogP contribution in [-0.2, 0) is 15.0 Å². The highest BCUT2D eigenvalue weighted by atomic mass is 16.5. The number of ether oxygens (including phenoxy) is 1. The van der Waals surface area contributed by atoms with Gasteiger partial charge in [-0.2, -0.15) is 0 Å². The van der Waals surface area contributed by atoms with Crippen LogP contribution in [-0.4, -0.2) is 66.9 Å². The highest BCUT2D eigenvalue weighted by Gasteiger charge is 2.35. The van der Waals surface area contributed by atoms with Crippen molar-refractivity contribution in [3.63, 3.8) is 0 Å². The van der Waals surface area contributed by atoms with E-state index < -0.39 is 5.41 Å². The number of piperazine rings is 1. The number of nitrogens with one attached hydrogen (secondary N) is 1. The Morgan fingerprint density at radius 1 is 0.906 bits per heavy atom. The van der Waals surface area contributed by atoms with Gasteiger partial charge < -0.3 is 19.9 Å². The van der Waals surface area contributed by atoms with Crippen molar-refractivity contribution in [3.8, 4) is 5.75 Å². The largest absolute Gasteiger partial charge is 0.494 e. The summed E-state index contributed by atoms with van der Waals surface area (Å²) in [5.74, 6) is 0.293. The predicted octanol–water partition coefficient (Wildman–Crippen LogP) is 2.46. The van der Waals surface area contributed by atoms with Gasteiger partial charge in [-0.15, -0.1) is 0 Å². The van der Waals surface area contributed by atoms with Crippen LogP contribution >= 0.6 is 0 Å². The van der Waals surface area contributed by atoms with Gasteiger partial charge in [-0.3, -0.25) is 14.4 Å². The lowest BCUT2D eigenvalue weighted by molar-refractivity contribution is -0.142. The number of rotatable bonds is 7. The zero-order chi connectivity index (χ0) is 23.1. The van der Waals surface area contributed by atoms with Crippen LogP contribution < -0.4 is 10.1 Å². The molecule has 0 aromatic heterocycles. The number of carbonyl (C=O) groups is 3. The van der Waals surface area contributed by atoms with E-state index in [-0.39, 0.29) is 24.3 Å². The van der Waals surface area contributed by atoms with Gasteiger partial charge in [-0.1, -0.05) is 30.3 Å². The maximum atomic E-state index is 13.1. The fraction of sp³-hybridized carbons (Fsp3) is 0.400. The zero-order valence-corrected chi connectivity index (χ0v) is 19.0. The topological polar surface area (TPSA) is 79.0 Å². The van der Waals surface area contributed by atoms with E-state index in [2.05, 4.69) is 5.32 Å². The van der Waals surface area contributed by atoms with Gasteiger partial charge in [0.2, 0.25) is 11.8 Å². The second-order valence-corrected chi connectivity index (χ2v) is 8.30. The first-order valence-electron chi connectivity index (χ1n) is 11.0. The van der Waals surface area contributed by atoms with Gasteiger partial charge in [0.15, 0.2) is 0 Å². The molecule has 1 aliphatic heterocycles. The minimum Gasteiger partial charge on any atom is -0.494 e. The number of hydrogen-bond acceptors (Lipinski definition) is 4. The standard InChI is InChI=1S/C25H31N3O4/c1-4-32-21-12-10-19(11-13-21)23(30)26-18-22(29)27-14-16-28(17-15-27)24(31)25(2,3)20-8-6-5-7-9-20/h5-13H,4,14-18H2,1-3H3,(H,26,30). The molecule has 1 aliphatic rings. The molecule has 32 heavy (non-hydrogen) atoms. The van der Waals surface area contributed by atoms with E-state index in [0.717, 1.165) is 5.56 Å². The van der Waals surface area contributed by atoms with Crippen molar-refractivity contribution < 1.29 is 19.1 Å². The number of amides is 3. The van der Waals surface area contributed by atoms with E-state index in [4.69, 9.17) is 4.74 Å².